The first-order valence-corrected chi connectivity index (χ1v) is 14.7. The molecule has 0 radical (unpaired) electrons. The second-order valence-corrected chi connectivity index (χ2v) is 12.5. The van der Waals surface area contributed by atoms with Crippen molar-refractivity contribution in [3.63, 3.8) is 0 Å². The van der Waals surface area contributed by atoms with Crippen molar-refractivity contribution in [3.05, 3.63) is 71.8 Å². The molecule has 1 fully saturated rings. The minimum absolute atomic E-state index is 0.0919. The molecule has 180 valence electrons. The zero-order valence-corrected chi connectivity index (χ0v) is 21.2. The van der Waals surface area contributed by atoms with Crippen LogP contribution >= 0.6 is 23.1 Å². The molecule has 1 N–H and O–H groups in total. The Morgan fingerprint density at radius 3 is 2.50 bits per heavy atom. The number of anilines is 1. The number of hydrogen-bond donors (Lipinski definition) is 1. The van der Waals surface area contributed by atoms with Crippen LogP contribution in [0.15, 0.2) is 65.0 Å². The van der Waals surface area contributed by atoms with Gasteiger partial charge in [0.2, 0.25) is 21.1 Å². The second kappa shape index (κ2) is 11.9. The highest BCUT2D eigenvalue weighted by Gasteiger charge is 2.32. The zero-order chi connectivity index (χ0) is 23.8. The Bertz CT molecular complexity index is 1170. The number of carbonyl (C=O) groups is 1. The van der Waals surface area contributed by atoms with E-state index in [2.05, 4.69) is 27.6 Å². The Balaban J connectivity index is 1.26. The fraction of sp³-hybridized carbons (Fsp3) is 0.375. The Labute approximate surface area is 209 Å². The minimum Gasteiger partial charge on any atom is -0.300 e. The van der Waals surface area contributed by atoms with Crippen LogP contribution in [0.25, 0.3) is 0 Å². The van der Waals surface area contributed by atoms with Crippen molar-refractivity contribution < 1.29 is 13.2 Å². The third-order valence-corrected chi connectivity index (χ3v) is 9.67. The molecule has 34 heavy (non-hydrogen) atoms. The lowest BCUT2D eigenvalue weighted by Gasteiger charge is -2.31. The van der Waals surface area contributed by atoms with Gasteiger partial charge in [-0.2, -0.15) is 0 Å². The SMILES string of the molecule is O=C(Nc1nnc(SCc2ccccc2)s1)[C@@H]1CCCN(S(=O)(=O)CCCc2ccccc2)C1. The van der Waals surface area contributed by atoms with Crippen LogP contribution in [0.5, 0.6) is 0 Å². The molecule has 3 aromatic rings. The summed E-state index contributed by atoms with van der Waals surface area (Å²) in [6, 6.07) is 20.0. The van der Waals surface area contributed by atoms with Gasteiger partial charge < -0.3 is 5.32 Å². The van der Waals surface area contributed by atoms with Crippen molar-refractivity contribution in [3.8, 4) is 0 Å². The van der Waals surface area contributed by atoms with E-state index in [0.717, 1.165) is 22.1 Å². The first-order chi connectivity index (χ1) is 16.5. The topological polar surface area (TPSA) is 92.3 Å². The lowest BCUT2D eigenvalue weighted by atomic mass is 9.99. The van der Waals surface area contributed by atoms with Crippen LogP contribution < -0.4 is 5.32 Å². The fourth-order valence-corrected chi connectivity index (χ4v) is 7.18. The normalized spacial score (nSPS) is 16.9. The third kappa shape index (κ3) is 7.11. The molecule has 7 nitrogen and oxygen atoms in total. The smallest absolute Gasteiger partial charge is 0.230 e. The van der Waals surface area contributed by atoms with Gasteiger partial charge in [-0.05, 0) is 36.8 Å². The molecule has 0 aliphatic carbocycles. The second-order valence-electron chi connectivity index (χ2n) is 8.24. The molecule has 4 rings (SSSR count). The molecule has 1 aliphatic heterocycles. The van der Waals surface area contributed by atoms with Crippen LogP contribution in [0.2, 0.25) is 0 Å². The largest absolute Gasteiger partial charge is 0.300 e. The van der Waals surface area contributed by atoms with E-state index >= 15 is 0 Å². The highest BCUT2D eigenvalue weighted by Crippen LogP contribution is 2.29. The Morgan fingerprint density at radius 1 is 1.06 bits per heavy atom. The number of sulfonamides is 1. The van der Waals surface area contributed by atoms with Crippen LogP contribution in [0.4, 0.5) is 5.13 Å². The van der Waals surface area contributed by atoms with Crippen molar-refractivity contribution in [2.24, 2.45) is 5.92 Å². The maximum Gasteiger partial charge on any atom is 0.230 e. The molecule has 2 aromatic carbocycles. The highest BCUT2D eigenvalue weighted by molar-refractivity contribution is 8.00. The van der Waals surface area contributed by atoms with Gasteiger partial charge in [-0.1, -0.05) is 83.8 Å². The molecule has 1 amide bonds. The molecular weight excluding hydrogens is 488 g/mol. The number of hydrogen-bond acceptors (Lipinski definition) is 7. The summed E-state index contributed by atoms with van der Waals surface area (Å²) in [6.07, 6.45) is 2.62. The number of carbonyl (C=O) groups excluding carboxylic acids is 1. The number of nitrogens with zero attached hydrogens (tertiary/aromatic N) is 3. The van der Waals surface area contributed by atoms with Crippen LogP contribution in [-0.2, 0) is 27.0 Å². The summed E-state index contributed by atoms with van der Waals surface area (Å²) in [5.74, 6) is 0.291. The summed E-state index contributed by atoms with van der Waals surface area (Å²) >= 11 is 2.91. The number of aryl methyl sites for hydroxylation is 1. The van der Waals surface area contributed by atoms with Gasteiger partial charge in [0.1, 0.15) is 0 Å². The predicted octanol–water partition coefficient (Wildman–Crippen LogP) is 4.44. The van der Waals surface area contributed by atoms with Gasteiger partial charge in [-0.25, -0.2) is 12.7 Å². The van der Waals surface area contributed by atoms with Gasteiger partial charge in [0.05, 0.1) is 11.7 Å². The van der Waals surface area contributed by atoms with Crippen molar-refractivity contribution in [2.75, 3.05) is 24.2 Å². The van der Waals surface area contributed by atoms with Crippen molar-refractivity contribution in [1.82, 2.24) is 14.5 Å². The van der Waals surface area contributed by atoms with E-state index in [4.69, 9.17) is 0 Å². The summed E-state index contributed by atoms with van der Waals surface area (Å²) in [4.78, 5) is 12.8. The van der Waals surface area contributed by atoms with Gasteiger partial charge in [0.15, 0.2) is 4.34 Å². The predicted molar refractivity (Wildman–Crippen MR) is 137 cm³/mol. The number of rotatable bonds is 10. The molecule has 0 saturated carbocycles. The molecule has 1 saturated heterocycles. The lowest BCUT2D eigenvalue weighted by molar-refractivity contribution is -0.120. The van der Waals surface area contributed by atoms with Crippen LogP contribution in [-0.4, -0.2) is 47.7 Å². The minimum atomic E-state index is -3.40. The standard InChI is InChI=1S/C24H28N4O3S3/c29-22(25-23-26-27-24(33-23)32-18-20-11-5-2-6-12-20)21-14-7-15-28(17-21)34(30,31)16-8-13-19-9-3-1-4-10-19/h1-6,9-12,21H,7-8,13-18H2,(H,25,26,29)/t21-/m1/s1. The molecule has 1 aliphatic rings. The van der Waals surface area contributed by atoms with Crippen molar-refractivity contribution in [2.45, 2.75) is 35.8 Å². The Morgan fingerprint density at radius 2 is 1.76 bits per heavy atom. The van der Waals surface area contributed by atoms with E-state index < -0.39 is 10.0 Å². The fourth-order valence-electron chi connectivity index (χ4n) is 3.89. The van der Waals surface area contributed by atoms with E-state index in [1.54, 1.807) is 11.8 Å². The van der Waals surface area contributed by atoms with Crippen molar-refractivity contribution >= 4 is 44.2 Å². The van der Waals surface area contributed by atoms with E-state index in [9.17, 15) is 13.2 Å². The first-order valence-electron chi connectivity index (χ1n) is 11.3. The average molecular weight is 517 g/mol. The number of thioether (sulfide) groups is 1. The molecular formula is C24H28N4O3S3. The van der Waals surface area contributed by atoms with Gasteiger partial charge in [-0.3, -0.25) is 4.79 Å². The molecule has 10 heteroatoms. The number of aromatic nitrogens is 2. The van der Waals surface area contributed by atoms with Crippen molar-refractivity contribution in [1.29, 1.82) is 0 Å². The van der Waals surface area contributed by atoms with Crippen LogP contribution in [0, 0.1) is 5.92 Å². The average Bonchev–Trinajstić information content (AvgIpc) is 3.31. The summed E-state index contributed by atoms with van der Waals surface area (Å²) in [6.45, 7) is 0.685. The maximum absolute atomic E-state index is 12.9. The van der Waals surface area contributed by atoms with E-state index in [1.165, 1.54) is 21.2 Å². The maximum atomic E-state index is 12.9. The number of nitrogens with one attached hydrogen (secondary N) is 1. The molecule has 0 bridgehead atoms. The lowest BCUT2D eigenvalue weighted by Crippen LogP contribution is -2.44. The Hall–Kier alpha value is -2.27. The van der Waals surface area contributed by atoms with Gasteiger partial charge in [0.25, 0.3) is 0 Å². The Kier molecular flexibility index (Phi) is 8.71. The molecule has 1 aromatic heterocycles. The van der Waals surface area contributed by atoms with E-state index in [-0.39, 0.29) is 24.1 Å². The van der Waals surface area contributed by atoms with Gasteiger partial charge >= 0.3 is 0 Å². The van der Waals surface area contributed by atoms with Crippen LogP contribution in [0.3, 0.4) is 0 Å². The number of benzene rings is 2. The number of piperidine rings is 1. The van der Waals surface area contributed by atoms with Gasteiger partial charge in [0, 0.05) is 18.8 Å². The monoisotopic (exact) mass is 516 g/mol. The first kappa shape index (κ1) is 24.8. The third-order valence-electron chi connectivity index (χ3n) is 5.70. The summed E-state index contributed by atoms with van der Waals surface area (Å²) in [5.41, 5.74) is 2.33. The van der Waals surface area contributed by atoms with Gasteiger partial charge in [-0.15, -0.1) is 10.2 Å². The molecule has 2 heterocycles. The van der Waals surface area contributed by atoms with Crippen LogP contribution in [0.1, 0.15) is 30.4 Å². The summed E-state index contributed by atoms with van der Waals surface area (Å²) < 4.78 is 28.0. The van der Waals surface area contributed by atoms with E-state index in [1.807, 2.05) is 48.5 Å². The summed E-state index contributed by atoms with van der Waals surface area (Å²) in [7, 11) is -3.40. The molecule has 1 atom stereocenters. The number of amides is 1. The molecule has 0 unspecified atom stereocenters. The quantitative estimate of drug-likeness (QED) is 0.316. The molecule has 0 spiro atoms. The summed E-state index contributed by atoms with van der Waals surface area (Å²) in [5, 5.41) is 11.5. The zero-order valence-electron chi connectivity index (χ0n) is 18.8. The highest BCUT2D eigenvalue weighted by atomic mass is 32.2. The van der Waals surface area contributed by atoms with E-state index in [0.29, 0.717) is 30.9 Å².